The lowest BCUT2D eigenvalue weighted by Crippen LogP contribution is -2.39. The first-order valence-corrected chi connectivity index (χ1v) is 11.1. The van der Waals surface area contributed by atoms with Gasteiger partial charge in [0.2, 0.25) is 11.8 Å². The van der Waals surface area contributed by atoms with Crippen molar-refractivity contribution >= 4 is 11.8 Å². The molecule has 7 nitrogen and oxygen atoms in total. The molecule has 0 aromatic rings. The fourth-order valence-electron chi connectivity index (χ4n) is 2.54. The van der Waals surface area contributed by atoms with Crippen molar-refractivity contribution in [1.82, 2.24) is 15.7 Å². The molecular weight excluding hydrogens is 370 g/mol. The largest absolute Gasteiger partial charge is 0.514 e. The minimum atomic E-state index is -0.440. The van der Waals surface area contributed by atoms with Crippen LogP contribution in [-0.2, 0) is 9.59 Å². The predicted octanol–water partition coefficient (Wildman–Crippen LogP) is 4.91. The number of allylic oxidation sites excluding steroid dienone is 1. The average molecular weight is 418 g/mol. The van der Waals surface area contributed by atoms with Crippen molar-refractivity contribution in [1.29, 1.82) is 0 Å². The number of nitrogens with zero attached hydrogens (tertiary/aromatic N) is 1. The van der Waals surface area contributed by atoms with Crippen LogP contribution in [0.2, 0.25) is 0 Å². The van der Waals surface area contributed by atoms with Gasteiger partial charge in [-0.15, -0.1) is 0 Å². The summed E-state index contributed by atoms with van der Waals surface area (Å²) >= 11 is 0. The third-order valence-electron chi connectivity index (χ3n) is 3.95. The quantitative estimate of drug-likeness (QED) is 0.194. The Balaban J connectivity index is -0.000000567. The van der Waals surface area contributed by atoms with Crippen molar-refractivity contribution < 1.29 is 19.9 Å². The molecule has 0 spiro atoms. The number of carbonyl (C=O) groups is 2. The van der Waals surface area contributed by atoms with E-state index in [1.807, 2.05) is 18.7 Å². The normalized spacial score (nSPS) is 15.0. The molecule has 0 aromatic heterocycles. The van der Waals surface area contributed by atoms with Crippen LogP contribution in [0.5, 0.6) is 0 Å². The zero-order valence-corrected chi connectivity index (χ0v) is 19.9. The van der Waals surface area contributed by atoms with Gasteiger partial charge < -0.3 is 15.3 Å². The zero-order valence-electron chi connectivity index (χ0n) is 19.9. The number of amides is 2. The fraction of sp³-hybridized carbons (Fsp3) is 0.818. The van der Waals surface area contributed by atoms with Crippen LogP contribution in [0.15, 0.2) is 12.0 Å². The van der Waals surface area contributed by atoms with Gasteiger partial charge in [0.1, 0.15) is 0 Å². The molecule has 1 saturated heterocycles. The number of rotatable bonds is 8. The number of aliphatic hydroxyl groups excluding tert-OH is 1. The van der Waals surface area contributed by atoms with Gasteiger partial charge in [0.15, 0.2) is 0 Å². The standard InChI is InChI=1S/C15H28N2O2.C3H8.C2H5NO2.C2H6/c1-3-4-5-6-9-14(12-18)16-11-15(19)17-10-7-8-13(17)2;1-3-2;1-2(4)3-5;1-2/h12-13,16,18H,3-11H2,1-2H3;3H2,1-2H3;5H,1H3,(H,3,4);1-2H3/b14-12+;;;/t13-;;;/m1.../s1. The summed E-state index contributed by atoms with van der Waals surface area (Å²) in [6.07, 6.45) is 10.0. The van der Waals surface area contributed by atoms with E-state index in [4.69, 9.17) is 10.3 Å². The minimum Gasteiger partial charge on any atom is -0.514 e. The summed E-state index contributed by atoms with van der Waals surface area (Å²) < 4.78 is 0. The summed E-state index contributed by atoms with van der Waals surface area (Å²) in [5.41, 5.74) is 2.16. The Hall–Kier alpha value is -1.76. The number of hydroxylamine groups is 1. The second kappa shape index (κ2) is 24.3. The second-order valence-electron chi connectivity index (χ2n) is 6.77. The molecule has 1 aliphatic heterocycles. The highest BCUT2D eigenvalue weighted by Gasteiger charge is 2.24. The van der Waals surface area contributed by atoms with E-state index < -0.39 is 5.91 Å². The minimum absolute atomic E-state index is 0.137. The monoisotopic (exact) mass is 417 g/mol. The van der Waals surface area contributed by atoms with Gasteiger partial charge in [-0.1, -0.05) is 60.3 Å². The molecule has 0 aromatic carbocycles. The molecule has 1 aliphatic rings. The second-order valence-corrected chi connectivity index (χ2v) is 6.77. The summed E-state index contributed by atoms with van der Waals surface area (Å²) in [4.78, 5) is 23.4. The van der Waals surface area contributed by atoms with Gasteiger partial charge in [0, 0.05) is 25.2 Å². The molecule has 2 amide bonds. The zero-order chi connectivity index (χ0) is 23.1. The van der Waals surface area contributed by atoms with Crippen LogP contribution in [0.25, 0.3) is 0 Å². The number of unbranched alkanes of at least 4 members (excludes halogenated alkanes) is 3. The molecule has 174 valence electrons. The number of hydrogen-bond acceptors (Lipinski definition) is 5. The van der Waals surface area contributed by atoms with Gasteiger partial charge >= 0.3 is 0 Å². The molecule has 4 N–H and O–H groups in total. The third kappa shape index (κ3) is 20.8. The molecule has 1 fully saturated rings. The third-order valence-corrected chi connectivity index (χ3v) is 3.95. The van der Waals surface area contributed by atoms with E-state index in [2.05, 4.69) is 33.0 Å². The molecule has 1 rings (SSSR count). The Kier molecular flexibility index (Phi) is 26.7. The lowest BCUT2D eigenvalue weighted by atomic mass is 10.1. The fourth-order valence-corrected chi connectivity index (χ4v) is 2.54. The van der Waals surface area contributed by atoms with E-state index in [0.29, 0.717) is 12.6 Å². The SMILES string of the molecule is CC.CC(=O)NO.CCC.CCCCCC/C(=C\O)NCC(=O)N1CCC[C@H]1C. The van der Waals surface area contributed by atoms with Crippen molar-refractivity contribution in [3.05, 3.63) is 12.0 Å². The molecule has 0 aliphatic carbocycles. The maximum atomic E-state index is 12.0. The van der Waals surface area contributed by atoms with E-state index in [1.54, 1.807) is 0 Å². The van der Waals surface area contributed by atoms with Crippen LogP contribution in [0.4, 0.5) is 0 Å². The summed E-state index contributed by atoms with van der Waals surface area (Å²) in [5.74, 6) is -0.303. The Morgan fingerprint density at radius 2 is 1.69 bits per heavy atom. The Morgan fingerprint density at radius 1 is 1.14 bits per heavy atom. The van der Waals surface area contributed by atoms with Crippen molar-refractivity contribution in [2.45, 2.75) is 106 Å². The van der Waals surface area contributed by atoms with Crippen LogP contribution in [0.3, 0.4) is 0 Å². The summed E-state index contributed by atoms with van der Waals surface area (Å²) in [6, 6.07) is 0.361. The van der Waals surface area contributed by atoms with E-state index in [-0.39, 0.29) is 5.91 Å². The van der Waals surface area contributed by atoms with E-state index in [1.165, 1.54) is 38.1 Å². The van der Waals surface area contributed by atoms with Crippen LogP contribution < -0.4 is 10.8 Å². The molecule has 0 radical (unpaired) electrons. The van der Waals surface area contributed by atoms with Crippen LogP contribution in [0.1, 0.15) is 99.8 Å². The maximum Gasteiger partial charge on any atom is 0.242 e. The van der Waals surface area contributed by atoms with Gasteiger partial charge in [0.05, 0.1) is 12.8 Å². The highest BCUT2D eigenvalue weighted by molar-refractivity contribution is 5.79. The lowest BCUT2D eigenvalue weighted by Gasteiger charge is -2.22. The van der Waals surface area contributed by atoms with Crippen molar-refractivity contribution in [3.63, 3.8) is 0 Å². The predicted molar refractivity (Wildman–Crippen MR) is 121 cm³/mol. The Bertz CT molecular complexity index is 415. The number of carbonyl (C=O) groups excluding carboxylic acids is 2. The van der Waals surface area contributed by atoms with E-state index >= 15 is 0 Å². The molecule has 1 heterocycles. The van der Waals surface area contributed by atoms with Crippen LogP contribution >= 0.6 is 0 Å². The first-order valence-electron chi connectivity index (χ1n) is 11.1. The topological polar surface area (TPSA) is 102 Å². The number of likely N-dealkylation sites (tertiary alicyclic amines) is 1. The first-order chi connectivity index (χ1) is 13.9. The lowest BCUT2D eigenvalue weighted by molar-refractivity contribution is -0.130. The van der Waals surface area contributed by atoms with Gasteiger partial charge in [-0.05, 0) is 32.6 Å². The molecule has 7 heteroatoms. The first kappa shape index (κ1) is 31.9. The Labute approximate surface area is 178 Å². The van der Waals surface area contributed by atoms with Gasteiger partial charge in [-0.2, -0.15) is 0 Å². The Morgan fingerprint density at radius 3 is 2.07 bits per heavy atom. The molecule has 0 bridgehead atoms. The van der Waals surface area contributed by atoms with E-state index in [9.17, 15) is 9.59 Å². The summed E-state index contributed by atoms with van der Waals surface area (Å²) in [5, 5.41) is 19.8. The highest BCUT2D eigenvalue weighted by atomic mass is 16.5. The van der Waals surface area contributed by atoms with Crippen molar-refractivity contribution in [2.75, 3.05) is 13.1 Å². The molecular formula is C22H47N3O4. The van der Waals surface area contributed by atoms with Crippen LogP contribution in [-0.4, -0.2) is 46.2 Å². The highest BCUT2D eigenvalue weighted by Crippen LogP contribution is 2.16. The number of nitrogens with one attached hydrogen (secondary N) is 2. The van der Waals surface area contributed by atoms with E-state index in [0.717, 1.165) is 44.2 Å². The van der Waals surface area contributed by atoms with Gasteiger partial charge in [-0.25, -0.2) is 5.48 Å². The van der Waals surface area contributed by atoms with Gasteiger partial charge in [0.25, 0.3) is 0 Å². The van der Waals surface area contributed by atoms with Gasteiger partial charge in [-0.3, -0.25) is 14.8 Å². The molecule has 1 atom stereocenters. The van der Waals surface area contributed by atoms with Crippen molar-refractivity contribution in [3.8, 4) is 0 Å². The maximum absolute atomic E-state index is 12.0. The number of hydrogen-bond donors (Lipinski definition) is 4. The summed E-state index contributed by atoms with van der Waals surface area (Å²) in [7, 11) is 0. The van der Waals surface area contributed by atoms with Crippen molar-refractivity contribution in [2.24, 2.45) is 0 Å². The summed E-state index contributed by atoms with van der Waals surface area (Å²) in [6.45, 7) is 14.9. The number of aliphatic hydroxyl groups is 1. The average Bonchev–Trinajstić information content (AvgIpc) is 3.16. The molecule has 0 saturated carbocycles. The smallest absolute Gasteiger partial charge is 0.242 e. The molecule has 29 heavy (non-hydrogen) atoms. The molecule has 0 unspecified atom stereocenters. The van der Waals surface area contributed by atoms with Crippen LogP contribution in [0, 0.1) is 0 Å².